The van der Waals surface area contributed by atoms with E-state index in [1.165, 1.54) is 6.92 Å². The first-order chi connectivity index (χ1) is 18.5. The minimum absolute atomic E-state index is 0.134. The number of nitrogens with zero attached hydrogens (tertiary/aromatic N) is 1. The van der Waals surface area contributed by atoms with Gasteiger partial charge in [0.1, 0.15) is 24.4 Å². The zero-order valence-corrected chi connectivity index (χ0v) is 20.5. The van der Waals surface area contributed by atoms with Gasteiger partial charge in [-0.15, -0.1) is 0 Å². The SMILES string of the molecule is CC[C@@H](C(=O)N[C@@H](CC(=O)O)C(=O)COc1c(F)c(F)cc(F)c1F)n1cc(C(F)(F)F)cc(NC(C)=O)c1=O. The fraction of sp³-hybridized carbons (Fsp3) is 0.348. The van der Waals surface area contributed by atoms with Crippen LogP contribution in [0.15, 0.2) is 23.1 Å². The Morgan fingerprint density at radius 2 is 1.62 bits per heavy atom. The Morgan fingerprint density at radius 3 is 2.10 bits per heavy atom. The largest absolute Gasteiger partial charge is 0.481 e. The van der Waals surface area contributed by atoms with Crippen LogP contribution in [0.2, 0.25) is 0 Å². The van der Waals surface area contributed by atoms with Crippen LogP contribution in [0.4, 0.5) is 36.4 Å². The fourth-order valence-electron chi connectivity index (χ4n) is 3.39. The van der Waals surface area contributed by atoms with Gasteiger partial charge in [0, 0.05) is 19.2 Å². The zero-order valence-electron chi connectivity index (χ0n) is 20.5. The maximum Gasteiger partial charge on any atom is 0.417 e. The molecule has 0 fully saturated rings. The number of hydrogen-bond donors (Lipinski definition) is 3. The van der Waals surface area contributed by atoms with Crippen molar-refractivity contribution >= 4 is 29.3 Å². The molecule has 2 rings (SSSR count). The third-order valence-corrected chi connectivity index (χ3v) is 5.22. The summed E-state index contributed by atoms with van der Waals surface area (Å²) in [7, 11) is 0. The fourth-order valence-corrected chi connectivity index (χ4v) is 3.39. The van der Waals surface area contributed by atoms with E-state index >= 15 is 0 Å². The molecule has 1 heterocycles. The highest BCUT2D eigenvalue weighted by Gasteiger charge is 2.35. The molecule has 1 aromatic carbocycles. The quantitative estimate of drug-likeness (QED) is 0.273. The second-order valence-electron chi connectivity index (χ2n) is 8.17. The molecule has 0 spiro atoms. The highest BCUT2D eigenvalue weighted by molar-refractivity contribution is 5.94. The Kier molecular flexibility index (Phi) is 10.0. The van der Waals surface area contributed by atoms with Gasteiger partial charge in [-0.1, -0.05) is 6.92 Å². The summed E-state index contributed by atoms with van der Waals surface area (Å²) in [5.74, 6) is -14.7. The van der Waals surface area contributed by atoms with E-state index < -0.39 is 101 Å². The van der Waals surface area contributed by atoms with Crippen molar-refractivity contribution in [3.05, 3.63) is 57.5 Å². The molecule has 2 atom stereocenters. The third-order valence-electron chi connectivity index (χ3n) is 5.22. The summed E-state index contributed by atoms with van der Waals surface area (Å²) in [4.78, 5) is 60.9. The van der Waals surface area contributed by atoms with Crippen LogP contribution in [0, 0.1) is 23.3 Å². The summed E-state index contributed by atoms with van der Waals surface area (Å²) >= 11 is 0. The number of nitrogens with one attached hydrogen (secondary N) is 2. The molecule has 0 bridgehead atoms. The van der Waals surface area contributed by atoms with Gasteiger partial charge in [0.25, 0.3) is 5.56 Å². The molecule has 0 radical (unpaired) electrons. The Hall–Kier alpha value is -4.44. The summed E-state index contributed by atoms with van der Waals surface area (Å²) in [6.45, 7) is 0.770. The van der Waals surface area contributed by atoms with Crippen molar-refractivity contribution in [1.82, 2.24) is 9.88 Å². The van der Waals surface area contributed by atoms with Crippen LogP contribution < -0.4 is 20.9 Å². The number of anilines is 1. The molecule has 1 aromatic heterocycles. The van der Waals surface area contributed by atoms with Crippen molar-refractivity contribution in [1.29, 1.82) is 0 Å². The minimum Gasteiger partial charge on any atom is -0.481 e. The molecule has 10 nitrogen and oxygen atoms in total. The molecule has 2 amide bonds. The Labute approximate surface area is 219 Å². The number of carbonyl (C=O) groups excluding carboxylic acids is 3. The van der Waals surface area contributed by atoms with Crippen molar-refractivity contribution in [2.45, 2.75) is 44.9 Å². The summed E-state index contributed by atoms with van der Waals surface area (Å²) in [5, 5.41) is 12.9. The number of carbonyl (C=O) groups is 4. The molecule has 0 saturated carbocycles. The van der Waals surface area contributed by atoms with E-state index in [2.05, 4.69) is 4.74 Å². The number of carboxylic acids is 1. The van der Waals surface area contributed by atoms with Gasteiger partial charge in [0.15, 0.2) is 23.2 Å². The number of amides is 2. The molecule has 2 aromatic rings. The summed E-state index contributed by atoms with van der Waals surface area (Å²) in [6.07, 6.45) is -6.29. The Morgan fingerprint density at radius 1 is 1.05 bits per heavy atom. The van der Waals surface area contributed by atoms with Crippen molar-refractivity contribution in [3.63, 3.8) is 0 Å². The van der Waals surface area contributed by atoms with E-state index in [9.17, 15) is 54.7 Å². The minimum atomic E-state index is -5.03. The monoisotopic (exact) mass is 583 g/mol. The average Bonchev–Trinajstić information content (AvgIpc) is 2.83. The number of ketones is 1. The van der Waals surface area contributed by atoms with Crippen LogP contribution in [0.25, 0.3) is 0 Å². The maximum absolute atomic E-state index is 13.8. The molecule has 0 aliphatic carbocycles. The number of hydrogen-bond acceptors (Lipinski definition) is 6. The summed E-state index contributed by atoms with van der Waals surface area (Å²) in [5.41, 5.74) is -3.50. The third kappa shape index (κ3) is 7.57. The van der Waals surface area contributed by atoms with Crippen molar-refractivity contribution in [2.24, 2.45) is 0 Å². The molecule has 0 unspecified atom stereocenters. The van der Waals surface area contributed by atoms with E-state index in [1.54, 1.807) is 0 Å². The number of ether oxygens (including phenoxy) is 1. The predicted molar refractivity (Wildman–Crippen MR) is 120 cm³/mol. The van der Waals surface area contributed by atoms with Gasteiger partial charge >= 0.3 is 12.1 Å². The van der Waals surface area contributed by atoms with Gasteiger partial charge in [-0.25, -0.2) is 8.78 Å². The average molecular weight is 583 g/mol. The van der Waals surface area contributed by atoms with Gasteiger partial charge < -0.3 is 25.0 Å². The topological polar surface area (TPSA) is 144 Å². The Balaban J connectivity index is 2.40. The number of benzene rings is 1. The number of carboxylic acid groups (broad SMARTS) is 1. The van der Waals surface area contributed by atoms with Gasteiger partial charge in [-0.2, -0.15) is 22.0 Å². The highest BCUT2D eigenvalue weighted by Crippen LogP contribution is 2.31. The predicted octanol–water partition coefficient (Wildman–Crippen LogP) is 2.94. The van der Waals surface area contributed by atoms with Gasteiger partial charge in [-0.05, 0) is 12.5 Å². The van der Waals surface area contributed by atoms with E-state index in [0.717, 1.165) is 6.92 Å². The van der Waals surface area contributed by atoms with Crippen molar-refractivity contribution in [3.8, 4) is 5.75 Å². The van der Waals surface area contributed by atoms with E-state index in [1.807, 2.05) is 10.6 Å². The Bertz CT molecular complexity index is 1370. The van der Waals surface area contributed by atoms with Gasteiger partial charge in [0.05, 0.1) is 12.0 Å². The lowest BCUT2D eigenvalue weighted by atomic mass is 10.1. The van der Waals surface area contributed by atoms with Crippen LogP contribution in [0.1, 0.15) is 38.3 Å². The zero-order chi connectivity index (χ0) is 30.5. The maximum atomic E-state index is 13.8. The van der Waals surface area contributed by atoms with Crippen LogP contribution in [0.3, 0.4) is 0 Å². The summed E-state index contributed by atoms with van der Waals surface area (Å²) in [6, 6.07) is -3.60. The standard InChI is InChI=1S/C23H20F7N3O7/c1-3-15(33-7-10(23(28,29)30)4-14(22(33)39)31-9(2)34)21(38)32-13(6-17(36)37)16(35)8-40-20-18(26)11(24)5-12(25)19(20)27/h4-5,7,13,15H,3,6,8H2,1-2H3,(H,31,34)(H,32,38)(H,36,37)/t13-,15-/m0/s1. The molecular weight excluding hydrogens is 563 g/mol. The van der Waals surface area contributed by atoms with Gasteiger partial charge in [0.2, 0.25) is 23.4 Å². The normalized spacial score (nSPS) is 12.8. The van der Waals surface area contributed by atoms with Crippen LogP contribution in [-0.2, 0) is 25.4 Å². The number of alkyl halides is 3. The van der Waals surface area contributed by atoms with Crippen molar-refractivity contribution < 1.29 is 59.8 Å². The lowest BCUT2D eigenvalue weighted by molar-refractivity contribution is -0.141. The van der Waals surface area contributed by atoms with Crippen LogP contribution in [-0.4, -0.2) is 45.9 Å². The molecule has 218 valence electrons. The summed E-state index contributed by atoms with van der Waals surface area (Å²) < 4.78 is 99.4. The number of rotatable bonds is 11. The van der Waals surface area contributed by atoms with Crippen molar-refractivity contribution in [2.75, 3.05) is 11.9 Å². The number of aliphatic carboxylic acids is 1. The van der Waals surface area contributed by atoms with Crippen LogP contribution in [0.5, 0.6) is 5.75 Å². The first-order valence-corrected chi connectivity index (χ1v) is 11.1. The highest BCUT2D eigenvalue weighted by atomic mass is 19.4. The van der Waals surface area contributed by atoms with E-state index in [0.29, 0.717) is 10.6 Å². The molecule has 40 heavy (non-hydrogen) atoms. The second-order valence-corrected chi connectivity index (χ2v) is 8.17. The lowest BCUT2D eigenvalue weighted by Crippen LogP contribution is -2.48. The molecule has 3 N–H and O–H groups in total. The number of halogens is 7. The van der Waals surface area contributed by atoms with E-state index in [4.69, 9.17) is 5.11 Å². The molecule has 0 saturated heterocycles. The first kappa shape index (κ1) is 31.8. The molecule has 0 aliphatic rings. The lowest BCUT2D eigenvalue weighted by Gasteiger charge is -2.23. The first-order valence-electron chi connectivity index (χ1n) is 11.1. The molecule has 0 aliphatic heterocycles. The smallest absolute Gasteiger partial charge is 0.417 e. The molecular formula is C23H20F7N3O7. The number of Topliss-reactive ketones (excluding diaryl/α,β-unsaturated/α-hetero) is 1. The molecule has 17 heteroatoms. The van der Waals surface area contributed by atoms with Gasteiger partial charge in [-0.3, -0.25) is 24.0 Å². The number of aromatic nitrogens is 1. The number of pyridine rings is 1. The van der Waals surface area contributed by atoms with E-state index in [-0.39, 0.29) is 18.7 Å². The second kappa shape index (κ2) is 12.6. The van der Waals surface area contributed by atoms with Crippen LogP contribution >= 0.6 is 0 Å².